The average molecular weight is 599 g/mol. The number of rotatable bonds is 14. The quantitative estimate of drug-likeness (QED) is 0.107. The molecule has 0 bridgehead atoms. The zero-order valence-electron chi connectivity index (χ0n) is 25.9. The van der Waals surface area contributed by atoms with Gasteiger partial charge in [0.1, 0.15) is 30.5 Å². The second-order valence-corrected chi connectivity index (χ2v) is 17.2. The van der Waals surface area contributed by atoms with E-state index in [1.807, 2.05) is 66.7 Å². The van der Waals surface area contributed by atoms with Crippen LogP contribution in [-0.4, -0.2) is 14.1 Å². The summed E-state index contributed by atoms with van der Waals surface area (Å²) in [4.78, 5) is 13.6. The monoisotopic (exact) mass is 598 g/mol. The Balaban J connectivity index is 1.48. The van der Waals surface area contributed by atoms with E-state index in [1.54, 1.807) is 24.3 Å². The van der Waals surface area contributed by atoms with E-state index in [9.17, 15) is 9.18 Å². The second kappa shape index (κ2) is 14.6. The average Bonchev–Trinajstić information content (AvgIpc) is 2.99. The van der Waals surface area contributed by atoms with Crippen LogP contribution in [0.3, 0.4) is 0 Å². The molecule has 0 fully saturated rings. The first-order chi connectivity index (χ1) is 20.5. The van der Waals surface area contributed by atoms with Gasteiger partial charge in [0.15, 0.2) is 14.1 Å². The van der Waals surface area contributed by atoms with E-state index < -0.39 is 8.32 Å². The van der Waals surface area contributed by atoms with Crippen molar-refractivity contribution >= 4 is 14.1 Å². The Kier molecular flexibility index (Phi) is 10.9. The Morgan fingerprint density at radius 3 is 1.95 bits per heavy atom. The number of Topliss-reactive ketones (excluding diaryl/α,β-unsaturated/α-hetero) is 1. The molecule has 226 valence electrons. The van der Waals surface area contributed by atoms with Gasteiger partial charge in [-0.05, 0) is 71.9 Å². The summed E-state index contributed by atoms with van der Waals surface area (Å²) in [6.07, 6.45) is 1.41. The first-order valence-corrected chi connectivity index (χ1v) is 17.9. The van der Waals surface area contributed by atoms with Gasteiger partial charge in [-0.1, -0.05) is 93.6 Å². The van der Waals surface area contributed by atoms with Crippen molar-refractivity contribution in [1.29, 1.82) is 0 Å². The van der Waals surface area contributed by atoms with Crippen LogP contribution in [0, 0.1) is 5.82 Å². The van der Waals surface area contributed by atoms with Gasteiger partial charge in [-0.25, -0.2) is 4.39 Å². The summed E-state index contributed by atoms with van der Waals surface area (Å²) in [5.74, 6) is 0.877. The zero-order chi connectivity index (χ0) is 30.9. The van der Waals surface area contributed by atoms with Gasteiger partial charge in [0.05, 0.1) is 11.7 Å². The molecule has 6 heteroatoms. The number of hydrogen-bond donors (Lipinski definition) is 0. The fourth-order valence-electron chi connectivity index (χ4n) is 4.50. The van der Waals surface area contributed by atoms with Crippen LogP contribution in [-0.2, 0) is 17.6 Å². The third kappa shape index (κ3) is 9.37. The molecule has 0 aromatic heterocycles. The molecule has 4 nitrogen and oxygen atoms in total. The number of carbonyl (C=O) groups excluding carboxylic acids is 1. The highest BCUT2D eigenvalue weighted by molar-refractivity contribution is 6.74. The first kappa shape index (κ1) is 32.2. The Morgan fingerprint density at radius 2 is 1.37 bits per heavy atom. The SMILES string of the molecule is CC(C)(C)[Si](C)(C)O[C@@H](CCCC(=O)c1ccc(OCc2ccccc2)cc1OCc1ccccc1)c1ccc(F)cc1. The lowest BCUT2D eigenvalue weighted by atomic mass is 10.00. The van der Waals surface area contributed by atoms with E-state index in [1.165, 1.54) is 12.1 Å². The summed E-state index contributed by atoms with van der Waals surface area (Å²) >= 11 is 0. The van der Waals surface area contributed by atoms with Crippen molar-refractivity contribution in [1.82, 2.24) is 0 Å². The molecule has 0 radical (unpaired) electrons. The van der Waals surface area contributed by atoms with Crippen LogP contribution in [0.1, 0.15) is 73.2 Å². The Labute approximate surface area is 257 Å². The standard InChI is InChI=1S/C37H43FO4Si/c1-37(2,3)43(4,5)42-35(30-19-21-31(38)22-20-30)18-12-17-34(39)33-24-23-32(40-26-28-13-8-6-9-14-28)25-36(33)41-27-29-15-10-7-11-16-29/h6-11,13-16,19-25,35H,12,17-18,26-27H2,1-5H3/t35-/m0/s1. The number of ether oxygens (including phenoxy) is 2. The Morgan fingerprint density at radius 1 is 0.791 bits per heavy atom. The lowest BCUT2D eigenvalue weighted by molar-refractivity contribution is 0.0966. The molecule has 0 amide bonds. The molecule has 0 heterocycles. The third-order valence-corrected chi connectivity index (χ3v) is 12.6. The molecule has 0 saturated heterocycles. The van der Waals surface area contributed by atoms with Crippen molar-refractivity contribution in [2.24, 2.45) is 0 Å². The van der Waals surface area contributed by atoms with E-state index in [4.69, 9.17) is 13.9 Å². The van der Waals surface area contributed by atoms with Crippen molar-refractivity contribution < 1.29 is 23.1 Å². The van der Waals surface area contributed by atoms with Crippen LogP contribution in [0.4, 0.5) is 4.39 Å². The second-order valence-electron chi connectivity index (χ2n) is 12.4. The molecule has 0 saturated carbocycles. The van der Waals surface area contributed by atoms with Gasteiger partial charge in [-0.3, -0.25) is 4.79 Å². The first-order valence-electron chi connectivity index (χ1n) is 15.0. The van der Waals surface area contributed by atoms with E-state index in [0.717, 1.165) is 16.7 Å². The molecular weight excluding hydrogens is 555 g/mol. The maximum absolute atomic E-state index is 13.7. The highest BCUT2D eigenvalue weighted by atomic mass is 28.4. The van der Waals surface area contributed by atoms with E-state index in [0.29, 0.717) is 49.5 Å². The van der Waals surface area contributed by atoms with Crippen LogP contribution in [0.15, 0.2) is 103 Å². The zero-order valence-corrected chi connectivity index (χ0v) is 26.9. The van der Waals surface area contributed by atoms with Gasteiger partial charge in [-0.2, -0.15) is 0 Å². The largest absolute Gasteiger partial charge is 0.489 e. The molecule has 43 heavy (non-hydrogen) atoms. The van der Waals surface area contributed by atoms with Gasteiger partial charge in [0, 0.05) is 12.5 Å². The molecule has 4 aromatic carbocycles. The van der Waals surface area contributed by atoms with Gasteiger partial charge in [0.2, 0.25) is 0 Å². The third-order valence-electron chi connectivity index (χ3n) is 8.09. The van der Waals surface area contributed by atoms with E-state index in [2.05, 4.69) is 33.9 Å². The summed E-state index contributed by atoms with van der Waals surface area (Å²) in [7, 11) is -2.11. The van der Waals surface area contributed by atoms with Crippen LogP contribution < -0.4 is 9.47 Å². The minimum atomic E-state index is -2.11. The van der Waals surface area contributed by atoms with Crippen molar-refractivity contribution in [2.45, 2.75) is 77.5 Å². The predicted octanol–water partition coefficient (Wildman–Crippen LogP) is 10.1. The number of hydrogen-bond acceptors (Lipinski definition) is 4. The number of carbonyl (C=O) groups is 1. The maximum Gasteiger partial charge on any atom is 0.192 e. The van der Waals surface area contributed by atoms with E-state index >= 15 is 0 Å². The molecule has 0 N–H and O–H groups in total. The number of halogens is 1. The summed E-state index contributed by atoms with van der Waals surface area (Å²) < 4.78 is 32.7. The molecule has 4 aromatic rings. The minimum Gasteiger partial charge on any atom is -0.489 e. The Bertz CT molecular complexity index is 1450. The summed E-state index contributed by atoms with van der Waals surface area (Å²) in [6.45, 7) is 11.8. The van der Waals surface area contributed by atoms with Crippen molar-refractivity contribution in [3.63, 3.8) is 0 Å². The molecule has 4 rings (SSSR count). The minimum absolute atomic E-state index is 0.00264. The van der Waals surface area contributed by atoms with Crippen molar-refractivity contribution in [2.75, 3.05) is 0 Å². The lowest BCUT2D eigenvalue weighted by Gasteiger charge is -2.39. The molecule has 0 spiro atoms. The lowest BCUT2D eigenvalue weighted by Crippen LogP contribution is -2.41. The number of benzene rings is 4. The fourth-order valence-corrected chi connectivity index (χ4v) is 5.82. The van der Waals surface area contributed by atoms with Crippen molar-refractivity contribution in [3.05, 3.63) is 131 Å². The van der Waals surface area contributed by atoms with Crippen LogP contribution in [0.25, 0.3) is 0 Å². The van der Waals surface area contributed by atoms with Gasteiger partial charge >= 0.3 is 0 Å². The highest BCUT2D eigenvalue weighted by Crippen LogP contribution is 2.41. The summed E-state index contributed by atoms with van der Waals surface area (Å²) in [5.41, 5.74) is 3.54. The van der Waals surface area contributed by atoms with Crippen LogP contribution in [0.2, 0.25) is 18.1 Å². The predicted molar refractivity (Wildman–Crippen MR) is 174 cm³/mol. The van der Waals surface area contributed by atoms with Gasteiger partial charge in [-0.15, -0.1) is 0 Å². The molecule has 0 aliphatic rings. The molecular formula is C37H43FO4Si. The van der Waals surface area contributed by atoms with Gasteiger partial charge < -0.3 is 13.9 Å². The normalized spacial score (nSPS) is 12.5. The van der Waals surface area contributed by atoms with Crippen LogP contribution >= 0.6 is 0 Å². The molecule has 1 atom stereocenters. The highest BCUT2D eigenvalue weighted by Gasteiger charge is 2.39. The fraction of sp³-hybridized carbons (Fsp3) is 0.324. The van der Waals surface area contributed by atoms with E-state index in [-0.39, 0.29) is 22.7 Å². The topological polar surface area (TPSA) is 44.8 Å². The summed E-state index contributed by atoms with van der Waals surface area (Å²) in [6, 6.07) is 31.8. The summed E-state index contributed by atoms with van der Waals surface area (Å²) in [5, 5.41) is 0.0242. The van der Waals surface area contributed by atoms with Crippen LogP contribution in [0.5, 0.6) is 11.5 Å². The molecule has 0 unspecified atom stereocenters. The van der Waals surface area contributed by atoms with Gasteiger partial charge in [0.25, 0.3) is 0 Å². The van der Waals surface area contributed by atoms with Crippen molar-refractivity contribution in [3.8, 4) is 11.5 Å². The smallest absolute Gasteiger partial charge is 0.192 e. The Hall–Kier alpha value is -3.74. The number of ketones is 1. The molecule has 0 aliphatic heterocycles. The molecule has 0 aliphatic carbocycles. The maximum atomic E-state index is 13.7.